The second kappa shape index (κ2) is 9.23. The van der Waals surface area contributed by atoms with E-state index >= 15 is 0 Å². The Hall–Kier alpha value is -0.650. The van der Waals surface area contributed by atoms with Crippen molar-refractivity contribution >= 4 is 5.97 Å². The maximum atomic E-state index is 13.2. The van der Waals surface area contributed by atoms with Crippen molar-refractivity contribution in [2.45, 2.75) is 80.4 Å². The van der Waals surface area contributed by atoms with E-state index in [-0.39, 0.29) is 16.8 Å². The van der Waals surface area contributed by atoms with Crippen molar-refractivity contribution in [2.75, 3.05) is 39.8 Å². The number of piperazine rings is 1. The fourth-order valence-electron chi connectivity index (χ4n) is 3.55. The Morgan fingerprint density at radius 3 is 2.04 bits per heavy atom. The van der Waals surface area contributed by atoms with Crippen molar-refractivity contribution in [3.63, 3.8) is 0 Å². The molecule has 1 N–H and O–H groups in total. The number of carbonyl (C=O) groups is 1. The molecule has 1 saturated heterocycles. The number of hydrogen-bond acceptors (Lipinski definition) is 5. The van der Waals surface area contributed by atoms with Crippen LogP contribution in [-0.4, -0.2) is 72.9 Å². The average molecular weight is 385 g/mol. The molecule has 1 heterocycles. The summed E-state index contributed by atoms with van der Waals surface area (Å²) >= 11 is 0. The first-order valence-electron chi connectivity index (χ1n) is 10.5. The van der Waals surface area contributed by atoms with E-state index in [2.05, 4.69) is 58.4 Å². The highest BCUT2D eigenvalue weighted by molar-refractivity contribution is 5.77. The van der Waals surface area contributed by atoms with Gasteiger partial charge in [0.15, 0.2) is 0 Å². The maximum absolute atomic E-state index is 13.2. The van der Waals surface area contributed by atoms with Crippen LogP contribution in [0.1, 0.15) is 68.2 Å². The van der Waals surface area contributed by atoms with Gasteiger partial charge >= 0.3 is 5.97 Å². The van der Waals surface area contributed by atoms with Crippen molar-refractivity contribution in [3.05, 3.63) is 0 Å². The molecule has 0 radical (unpaired) electrons. The lowest BCUT2D eigenvalue weighted by Gasteiger charge is -2.45. The molecule has 1 aliphatic rings. The van der Waals surface area contributed by atoms with Crippen molar-refractivity contribution < 1.29 is 14.6 Å². The van der Waals surface area contributed by atoms with Crippen LogP contribution in [0.25, 0.3) is 0 Å². The van der Waals surface area contributed by atoms with E-state index < -0.39 is 17.6 Å². The zero-order valence-corrected chi connectivity index (χ0v) is 19.3. The summed E-state index contributed by atoms with van der Waals surface area (Å²) in [6.07, 6.45) is 0.595. The lowest BCUT2D eigenvalue weighted by Crippen LogP contribution is -2.50. The number of likely N-dealkylation sites (N-methyl/N-ethyl adjacent to an activating group) is 1. The van der Waals surface area contributed by atoms with Crippen LogP contribution in [0.4, 0.5) is 0 Å². The van der Waals surface area contributed by atoms with Gasteiger partial charge in [0.05, 0.1) is 5.41 Å². The van der Waals surface area contributed by atoms with E-state index in [4.69, 9.17) is 4.74 Å². The Labute approximate surface area is 167 Å². The molecular formula is C22H44N2O3. The molecule has 27 heavy (non-hydrogen) atoms. The Bertz CT molecular complexity index is 478. The number of ether oxygens (including phenoxy) is 1. The highest BCUT2D eigenvalue weighted by atomic mass is 16.6. The molecule has 1 fully saturated rings. The fourth-order valence-corrected chi connectivity index (χ4v) is 3.55. The summed E-state index contributed by atoms with van der Waals surface area (Å²) in [6.45, 7) is 21.2. The molecule has 0 bridgehead atoms. The van der Waals surface area contributed by atoms with Crippen LogP contribution in [0.5, 0.6) is 0 Å². The summed E-state index contributed by atoms with van der Waals surface area (Å²) in [4.78, 5) is 17.7. The van der Waals surface area contributed by atoms with Gasteiger partial charge in [-0.2, -0.15) is 0 Å². The highest BCUT2D eigenvalue weighted by Gasteiger charge is 2.49. The molecule has 3 unspecified atom stereocenters. The third-order valence-corrected chi connectivity index (χ3v) is 6.77. The smallest absolute Gasteiger partial charge is 0.312 e. The standard InChI is InChI=1S/C22H44N2O3/c1-10-21(6,7)16-22(8,20(3,4)5)19(26)27-17(2)18(25)15-24-13-11-23(9)12-14-24/h17-18,25H,10-16H2,1-9H3. The van der Waals surface area contributed by atoms with Gasteiger partial charge < -0.3 is 14.7 Å². The molecule has 160 valence electrons. The second-order valence-corrected chi connectivity index (χ2v) is 10.6. The molecule has 0 aromatic carbocycles. The van der Waals surface area contributed by atoms with Gasteiger partial charge in [-0.1, -0.05) is 48.0 Å². The third kappa shape index (κ3) is 6.72. The zero-order chi connectivity index (χ0) is 21.0. The minimum atomic E-state index is -0.666. The molecule has 3 atom stereocenters. The van der Waals surface area contributed by atoms with Gasteiger partial charge in [0.25, 0.3) is 0 Å². The van der Waals surface area contributed by atoms with E-state index in [1.54, 1.807) is 0 Å². The van der Waals surface area contributed by atoms with Crippen LogP contribution in [0, 0.1) is 16.2 Å². The number of esters is 1. The van der Waals surface area contributed by atoms with Crippen LogP contribution >= 0.6 is 0 Å². The average Bonchev–Trinajstić information content (AvgIpc) is 2.55. The lowest BCUT2D eigenvalue weighted by molar-refractivity contribution is -0.175. The summed E-state index contributed by atoms with van der Waals surface area (Å²) in [5.41, 5.74) is -0.768. The van der Waals surface area contributed by atoms with Gasteiger partial charge in [-0.05, 0) is 38.1 Å². The van der Waals surface area contributed by atoms with Crippen LogP contribution in [0.15, 0.2) is 0 Å². The molecular weight excluding hydrogens is 340 g/mol. The molecule has 0 aliphatic carbocycles. The fraction of sp³-hybridized carbons (Fsp3) is 0.955. The number of aliphatic hydroxyl groups is 1. The Morgan fingerprint density at radius 2 is 1.59 bits per heavy atom. The molecule has 0 saturated carbocycles. The van der Waals surface area contributed by atoms with Crippen LogP contribution in [-0.2, 0) is 9.53 Å². The summed E-state index contributed by atoms with van der Waals surface area (Å²) in [5, 5.41) is 10.6. The highest BCUT2D eigenvalue weighted by Crippen LogP contribution is 2.48. The molecule has 5 heteroatoms. The molecule has 5 nitrogen and oxygen atoms in total. The number of carbonyl (C=O) groups excluding carboxylic acids is 1. The van der Waals surface area contributed by atoms with Crippen molar-refractivity contribution in [1.82, 2.24) is 9.80 Å². The van der Waals surface area contributed by atoms with Gasteiger partial charge in [0, 0.05) is 32.7 Å². The van der Waals surface area contributed by atoms with Gasteiger partial charge in [-0.25, -0.2) is 0 Å². The van der Waals surface area contributed by atoms with Crippen LogP contribution < -0.4 is 0 Å². The summed E-state index contributed by atoms with van der Waals surface area (Å²) < 4.78 is 5.83. The summed E-state index contributed by atoms with van der Waals surface area (Å²) in [7, 11) is 2.11. The van der Waals surface area contributed by atoms with Gasteiger partial charge in [-0.3, -0.25) is 9.69 Å². The van der Waals surface area contributed by atoms with Crippen molar-refractivity contribution in [1.29, 1.82) is 0 Å². The van der Waals surface area contributed by atoms with E-state index in [0.29, 0.717) is 6.54 Å². The predicted molar refractivity (Wildman–Crippen MR) is 112 cm³/mol. The van der Waals surface area contributed by atoms with Gasteiger partial charge in [-0.15, -0.1) is 0 Å². The quantitative estimate of drug-likeness (QED) is 0.650. The second-order valence-electron chi connectivity index (χ2n) is 10.6. The predicted octanol–water partition coefficient (Wildman–Crippen LogP) is 3.41. The largest absolute Gasteiger partial charge is 0.459 e. The normalized spacial score (nSPS) is 22.1. The maximum Gasteiger partial charge on any atom is 0.312 e. The Kier molecular flexibility index (Phi) is 8.34. The van der Waals surface area contributed by atoms with Crippen molar-refractivity contribution in [3.8, 4) is 0 Å². The number of nitrogens with zero attached hydrogens (tertiary/aromatic N) is 2. The number of rotatable bonds is 8. The number of hydrogen-bond donors (Lipinski definition) is 1. The first-order valence-corrected chi connectivity index (χ1v) is 10.5. The third-order valence-electron chi connectivity index (χ3n) is 6.77. The SMILES string of the molecule is CCC(C)(C)CC(C)(C(=O)OC(C)C(O)CN1CCN(C)CC1)C(C)(C)C. The van der Waals surface area contributed by atoms with E-state index in [9.17, 15) is 9.90 Å². The molecule has 0 aromatic heterocycles. The summed E-state index contributed by atoms with van der Waals surface area (Å²) in [5.74, 6) is -0.193. The molecule has 0 aromatic rings. The first-order chi connectivity index (χ1) is 12.2. The van der Waals surface area contributed by atoms with Gasteiger partial charge in [0.2, 0.25) is 0 Å². The molecule has 1 rings (SSSR count). The van der Waals surface area contributed by atoms with E-state index in [1.807, 2.05) is 13.8 Å². The zero-order valence-electron chi connectivity index (χ0n) is 19.3. The van der Waals surface area contributed by atoms with Crippen molar-refractivity contribution in [2.24, 2.45) is 16.2 Å². The first kappa shape index (κ1) is 24.4. The lowest BCUT2D eigenvalue weighted by atomic mass is 9.60. The van der Waals surface area contributed by atoms with Crippen LogP contribution in [0.3, 0.4) is 0 Å². The topological polar surface area (TPSA) is 53.0 Å². The minimum absolute atomic E-state index is 0.0583. The number of aliphatic hydroxyl groups excluding tert-OH is 1. The molecule has 0 spiro atoms. The minimum Gasteiger partial charge on any atom is -0.459 e. The molecule has 1 aliphatic heterocycles. The Morgan fingerprint density at radius 1 is 1.07 bits per heavy atom. The monoisotopic (exact) mass is 384 g/mol. The van der Waals surface area contributed by atoms with E-state index in [0.717, 1.165) is 39.0 Å². The number of β-amino-alcohol motifs (C(OH)–C–C–N with tert-alkyl or cyclic N) is 1. The summed E-state index contributed by atoms with van der Waals surface area (Å²) in [6, 6.07) is 0. The molecule has 0 amide bonds. The van der Waals surface area contributed by atoms with Crippen LogP contribution in [0.2, 0.25) is 0 Å². The van der Waals surface area contributed by atoms with Gasteiger partial charge in [0.1, 0.15) is 12.2 Å². The van der Waals surface area contributed by atoms with E-state index in [1.165, 1.54) is 0 Å². The Balaban J connectivity index is 2.76.